The molecule has 1 aliphatic rings. The van der Waals surface area contributed by atoms with E-state index in [2.05, 4.69) is 67.0 Å². The van der Waals surface area contributed by atoms with E-state index in [4.69, 9.17) is 19.6 Å². The van der Waals surface area contributed by atoms with Gasteiger partial charge in [-0.25, -0.2) is 10.4 Å². The molecule has 1 aliphatic heterocycles. The quantitative estimate of drug-likeness (QED) is 0.0787. The molecule has 0 aliphatic carbocycles. The molecule has 5 aromatic carbocycles. The van der Waals surface area contributed by atoms with Gasteiger partial charge in [0.15, 0.2) is 11.6 Å². The highest BCUT2D eigenvalue weighted by Crippen LogP contribution is 2.43. The third kappa shape index (κ3) is 8.31. The summed E-state index contributed by atoms with van der Waals surface area (Å²) in [5.41, 5.74) is 9.70. The van der Waals surface area contributed by atoms with Crippen molar-refractivity contribution in [3.05, 3.63) is 170 Å². The lowest BCUT2D eigenvalue weighted by atomic mass is 9.82. The lowest BCUT2D eigenvalue weighted by Gasteiger charge is -2.31. The third-order valence-electron chi connectivity index (χ3n) is 8.53. The predicted octanol–water partition coefficient (Wildman–Crippen LogP) is 7.93. The van der Waals surface area contributed by atoms with E-state index >= 15 is 0 Å². The molecular formula is C40H37Br2N3O4. The first-order valence-electron chi connectivity index (χ1n) is 16.2. The van der Waals surface area contributed by atoms with E-state index in [0.717, 1.165) is 36.8 Å². The number of aliphatic imine (C=N–C) groups is 1. The maximum absolute atomic E-state index is 14.7. The standard InChI is InChI=1S/C40H37Br2N3O4/c41-33-20-16-30(17-21-33)37-40(26-32-14-7-8-15-36(32)42,44-38(49-37)31-18-22-34(23-19-31)48-25-9-24-46)39(47)45-43-27-35(28-10-3-1-4-11-28)29-12-5-2-6-13-29/h1-8,10-23,35,37,43,46H,9,24-27H2,(H,45,47)/t37-,40-/m0/s1. The average molecular weight is 784 g/mol. The molecular weight excluding hydrogens is 746 g/mol. The number of benzene rings is 5. The molecule has 0 fully saturated rings. The number of halogens is 2. The molecule has 0 spiro atoms. The van der Waals surface area contributed by atoms with Crippen molar-refractivity contribution in [3.8, 4) is 5.75 Å². The second-order valence-corrected chi connectivity index (χ2v) is 13.6. The highest BCUT2D eigenvalue weighted by molar-refractivity contribution is 9.10. The average Bonchev–Trinajstić information content (AvgIpc) is 3.53. The fourth-order valence-corrected chi connectivity index (χ4v) is 6.68. The second kappa shape index (κ2) is 16.4. The Morgan fingerprint density at radius 3 is 2.10 bits per heavy atom. The van der Waals surface area contributed by atoms with Gasteiger partial charge in [0.25, 0.3) is 5.91 Å². The van der Waals surface area contributed by atoms with Crippen molar-refractivity contribution in [2.75, 3.05) is 19.8 Å². The number of hydrogen-bond acceptors (Lipinski definition) is 6. The minimum Gasteiger partial charge on any atom is -0.494 e. The topological polar surface area (TPSA) is 92.2 Å². The molecule has 49 heavy (non-hydrogen) atoms. The van der Waals surface area contributed by atoms with Crippen molar-refractivity contribution in [2.24, 2.45) is 4.99 Å². The van der Waals surface area contributed by atoms with Crippen molar-refractivity contribution in [1.29, 1.82) is 0 Å². The minimum absolute atomic E-state index is 0.00110. The largest absolute Gasteiger partial charge is 0.494 e. The Morgan fingerprint density at radius 1 is 0.837 bits per heavy atom. The summed E-state index contributed by atoms with van der Waals surface area (Å²) in [6.45, 7) is 0.940. The Hall–Kier alpha value is -4.28. The summed E-state index contributed by atoms with van der Waals surface area (Å²) >= 11 is 7.26. The van der Waals surface area contributed by atoms with Gasteiger partial charge in [0.05, 0.1) is 6.61 Å². The van der Waals surface area contributed by atoms with Crippen molar-refractivity contribution in [1.82, 2.24) is 10.9 Å². The number of aliphatic hydroxyl groups excluding tert-OH is 1. The van der Waals surface area contributed by atoms with Gasteiger partial charge >= 0.3 is 0 Å². The van der Waals surface area contributed by atoms with Crippen LogP contribution in [0.25, 0.3) is 0 Å². The summed E-state index contributed by atoms with van der Waals surface area (Å²) in [6, 6.07) is 43.6. The second-order valence-electron chi connectivity index (χ2n) is 11.8. The summed E-state index contributed by atoms with van der Waals surface area (Å²) in [5, 5.41) is 9.11. The smallest absolute Gasteiger partial charge is 0.266 e. The Labute approximate surface area is 303 Å². The van der Waals surface area contributed by atoms with Crippen LogP contribution < -0.4 is 15.6 Å². The Kier molecular flexibility index (Phi) is 11.6. The number of amides is 1. The van der Waals surface area contributed by atoms with Gasteiger partial charge in [-0.15, -0.1) is 0 Å². The third-order valence-corrected chi connectivity index (χ3v) is 9.83. The summed E-state index contributed by atoms with van der Waals surface area (Å²) in [6.07, 6.45) is 0.0870. The summed E-state index contributed by atoms with van der Waals surface area (Å²) in [5.74, 6) is 0.729. The van der Waals surface area contributed by atoms with Crippen LogP contribution in [-0.4, -0.2) is 42.2 Å². The molecule has 1 heterocycles. The molecule has 0 radical (unpaired) electrons. The van der Waals surface area contributed by atoms with Gasteiger partial charge in [-0.05, 0) is 64.7 Å². The van der Waals surface area contributed by atoms with Crippen LogP contribution >= 0.6 is 31.9 Å². The molecule has 5 aromatic rings. The first kappa shape index (κ1) is 34.6. The summed E-state index contributed by atoms with van der Waals surface area (Å²) in [4.78, 5) is 19.9. The van der Waals surface area contributed by atoms with Crippen LogP contribution in [0.5, 0.6) is 5.75 Å². The molecule has 0 saturated carbocycles. The van der Waals surface area contributed by atoms with E-state index in [-0.39, 0.29) is 24.9 Å². The molecule has 6 rings (SSSR count). The van der Waals surface area contributed by atoms with Crippen LogP contribution in [0, 0.1) is 0 Å². The fourth-order valence-electron chi connectivity index (χ4n) is 5.99. The zero-order valence-electron chi connectivity index (χ0n) is 26.8. The summed E-state index contributed by atoms with van der Waals surface area (Å²) in [7, 11) is 0. The highest BCUT2D eigenvalue weighted by Gasteiger charge is 2.53. The van der Waals surface area contributed by atoms with Gasteiger partial charge in [0.2, 0.25) is 5.90 Å². The number of nitrogens with zero attached hydrogens (tertiary/aromatic N) is 1. The zero-order valence-corrected chi connectivity index (χ0v) is 29.9. The van der Waals surface area contributed by atoms with Crippen LogP contribution in [0.4, 0.5) is 0 Å². The van der Waals surface area contributed by atoms with Crippen LogP contribution in [0.2, 0.25) is 0 Å². The lowest BCUT2D eigenvalue weighted by molar-refractivity contribution is -0.130. The molecule has 0 unspecified atom stereocenters. The molecule has 0 bridgehead atoms. The number of carbonyl (C=O) groups is 1. The van der Waals surface area contributed by atoms with Crippen LogP contribution in [0.15, 0.2) is 147 Å². The van der Waals surface area contributed by atoms with Gasteiger partial charge in [0, 0.05) is 46.4 Å². The molecule has 7 nitrogen and oxygen atoms in total. The van der Waals surface area contributed by atoms with E-state index in [1.807, 2.05) is 109 Å². The number of carbonyl (C=O) groups excluding carboxylic acids is 1. The predicted molar refractivity (Wildman–Crippen MR) is 200 cm³/mol. The number of nitrogens with one attached hydrogen (secondary N) is 2. The van der Waals surface area contributed by atoms with E-state index in [1.54, 1.807) is 0 Å². The number of rotatable bonds is 14. The van der Waals surface area contributed by atoms with Crippen LogP contribution in [0.3, 0.4) is 0 Å². The van der Waals surface area contributed by atoms with Crippen LogP contribution in [0.1, 0.15) is 46.3 Å². The monoisotopic (exact) mass is 781 g/mol. The highest BCUT2D eigenvalue weighted by atomic mass is 79.9. The van der Waals surface area contributed by atoms with E-state index in [0.29, 0.717) is 31.2 Å². The van der Waals surface area contributed by atoms with Crippen molar-refractivity contribution >= 4 is 43.7 Å². The minimum atomic E-state index is -1.37. The van der Waals surface area contributed by atoms with Gasteiger partial charge < -0.3 is 14.6 Å². The van der Waals surface area contributed by atoms with Crippen molar-refractivity contribution < 1.29 is 19.4 Å². The molecule has 1 amide bonds. The Balaban J connectivity index is 1.35. The van der Waals surface area contributed by atoms with Crippen molar-refractivity contribution in [2.45, 2.75) is 30.4 Å². The fraction of sp³-hybridized carbons (Fsp3) is 0.200. The number of aliphatic hydroxyl groups is 1. The molecule has 0 aromatic heterocycles. The number of hydrazine groups is 1. The molecule has 250 valence electrons. The number of ether oxygens (including phenoxy) is 2. The van der Waals surface area contributed by atoms with E-state index in [1.165, 1.54) is 0 Å². The SMILES string of the molecule is O=C(NNCC(c1ccccc1)c1ccccc1)[C@@]1(Cc2ccccc2Br)N=C(c2ccc(OCCCO)cc2)O[C@H]1c1ccc(Br)cc1. The maximum Gasteiger partial charge on any atom is 0.266 e. The van der Waals surface area contributed by atoms with Gasteiger partial charge in [0.1, 0.15) is 5.75 Å². The van der Waals surface area contributed by atoms with Crippen molar-refractivity contribution in [3.63, 3.8) is 0 Å². The van der Waals surface area contributed by atoms with E-state index in [9.17, 15) is 4.79 Å². The van der Waals surface area contributed by atoms with Gasteiger partial charge in [-0.2, -0.15) is 0 Å². The Morgan fingerprint density at radius 2 is 1.47 bits per heavy atom. The van der Waals surface area contributed by atoms with E-state index < -0.39 is 11.6 Å². The molecule has 9 heteroatoms. The van der Waals surface area contributed by atoms with Gasteiger partial charge in [-0.3, -0.25) is 10.2 Å². The number of hydrogen-bond donors (Lipinski definition) is 3. The summed E-state index contributed by atoms with van der Waals surface area (Å²) < 4.78 is 14.2. The maximum atomic E-state index is 14.7. The molecule has 3 N–H and O–H groups in total. The molecule has 2 atom stereocenters. The van der Waals surface area contributed by atoms with Crippen LogP contribution in [-0.2, 0) is 16.0 Å². The zero-order chi connectivity index (χ0) is 34.1. The normalized spacial score (nSPS) is 17.0. The lowest BCUT2D eigenvalue weighted by Crippen LogP contribution is -2.54. The first-order chi connectivity index (χ1) is 24.0. The van der Waals surface area contributed by atoms with Gasteiger partial charge in [-0.1, -0.05) is 123 Å². The molecule has 0 saturated heterocycles. The first-order valence-corrected chi connectivity index (χ1v) is 17.8. The Bertz CT molecular complexity index is 1820.